The molecule has 1 spiro atoms. The first-order chi connectivity index (χ1) is 17.7. The zero-order chi connectivity index (χ0) is 26.2. The Morgan fingerprint density at radius 3 is 2.70 bits per heavy atom. The summed E-state index contributed by atoms with van der Waals surface area (Å²) < 4.78 is 25.3. The number of nitrogens with zero attached hydrogens (tertiary/aromatic N) is 2. The molecule has 0 radical (unpaired) electrons. The lowest BCUT2D eigenvalue weighted by molar-refractivity contribution is -0.189. The van der Waals surface area contributed by atoms with Gasteiger partial charge < -0.3 is 19.7 Å². The second-order valence-electron chi connectivity index (χ2n) is 10.7. The lowest BCUT2D eigenvalue weighted by atomic mass is 9.78. The number of halogens is 2. The van der Waals surface area contributed by atoms with Gasteiger partial charge in [0.25, 0.3) is 0 Å². The molecule has 1 N–H and O–H groups in total. The maximum absolute atomic E-state index is 13.9. The van der Waals surface area contributed by atoms with E-state index in [0.29, 0.717) is 23.3 Å². The van der Waals surface area contributed by atoms with Crippen molar-refractivity contribution in [3.05, 3.63) is 58.4 Å². The Labute approximate surface area is 222 Å². The highest BCUT2D eigenvalue weighted by molar-refractivity contribution is 6.31. The molecule has 0 aliphatic carbocycles. The number of pyridine rings is 1. The fraction of sp³-hybridized carbons (Fsp3) is 0.448. The number of nitrogens with one attached hydrogen (secondary N) is 1. The van der Waals surface area contributed by atoms with Gasteiger partial charge in [0.05, 0.1) is 42.5 Å². The number of carbonyl (C=O) groups excluding carboxylic acids is 1. The topological polar surface area (TPSA) is 63.7 Å². The highest BCUT2D eigenvalue weighted by atomic mass is 35.5. The van der Waals surface area contributed by atoms with Gasteiger partial charge in [-0.2, -0.15) is 0 Å². The Balaban J connectivity index is 1.36. The summed E-state index contributed by atoms with van der Waals surface area (Å²) in [6.07, 6.45) is 1.11. The number of benzene rings is 2. The Hall–Kier alpha value is -2.74. The molecule has 2 aromatic carbocycles. The second-order valence-corrected chi connectivity index (χ2v) is 11.1. The summed E-state index contributed by atoms with van der Waals surface area (Å²) in [5.74, 6) is 0.192. The van der Waals surface area contributed by atoms with Crippen LogP contribution < -0.4 is 10.1 Å². The molecule has 37 heavy (non-hydrogen) atoms. The number of hydrogen-bond donors (Lipinski definition) is 1. The summed E-state index contributed by atoms with van der Waals surface area (Å²) in [5, 5.41) is 3.90. The smallest absolute Gasteiger partial charge is 0.224 e. The molecule has 2 aliphatic heterocycles. The van der Waals surface area contributed by atoms with Crippen LogP contribution in [0.25, 0.3) is 22.2 Å². The van der Waals surface area contributed by atoms with Crippen molar-refractivity contribution in [3.8, 4) is 17.0 Å². The van der Waals surface area contributed by atoms with Gasteiger partial charge in [-0.3, -0.25) is 4.79 Å². The van der Waals surface area contributed by atoms with Crippen LogP contribution in [0.4, 0.5) is 4.39 Å². The van der Waals surface area contributed by atoms with Crippen molar-refractivity contribution in [2.45, 2.75) is 39.7 Å². The van der Waals surface area contributed by atoms with Crippen molar-refractivity contribution in [1.82, 2.24) is 15.2 Å². The quantitative estimate of drug-likeness (QED) is 0.390. The minimum Gasteiger partial charge on any atom is -0.494 e. The maximum atomic E-state index is 13.9. The molecular formula is C29H33ClFN3O3. The van der Waals surface area contributed by atoms with Gasteiger partial charge in [0, 0.05) is 42.0 Å². The van der Waals surface area contributed by atoms with E-state index in [9.17, 15) is 9.18 Å². The number of fused-ring (bicyclic) bond motifs is 1. The van der Waals surface area contributed by atoms with Crippen molar-refractivity contribution >= 4 is 28.4 Å². The highest BCUT2D eigenvalue weighted by Crippen LogP contribution is 2.37. The Morgan fingerprint density at radius 2 is 2.03 bits per heavy atom. The van der Waals surface area contributed by atoms with Crippen LogP contribution in [-0.4, -0.2) is 61.3 Å². The van der Waals surface area contributed by atoms with Crippen LogP contribution >= 0.6 is 11.6 Å². The third kappa shape index (κ3) is 5.59. The average Bonchev–Trinajstić information content (AvgIpc) is 2.80. The number of likely N-dealkylation sites (tertiary alicyclic amines) is 1. The predicted molar refractivity (Wildman–Crippen MR) is 144 cm³/mol. The van der Waals surface area contributed by atoms with Gasteiger partial charge in [-0.1, -0.05) is 11.6 Å². The van der Waals surface area contributed by atoms with E-state index in [0.717, 1.165) is 67.0 Å². The Morgan fingerprint density at radius 1 is 1.24 bits per heavy atom. The van der Waals surface area contributed by atoms with E-state index in [2.05, 4.69) is 10.2 Å². The molecule has 8 heteroatoms. The van der Waals surface area contributed by atoms with Gasteiger partial charge >= 0.3 is 0 Å². The van der Waals surface area contributed by atoms with E-state index in [1.807, 2.05) is 39.0 Å². The monoisotopic (exact) mass is 525 g/mol. The predicted octanol–water partition coefficient (Wildman–Crippen LogP) is 5.17. The normalized spacial score (nSPS) is 16.6. The zero-order valence-corrected chi connectivity index (χ0v) is 22.3. The Bertz CT molecular complexity index is 1320. The van der Waals surface area contributed by atoms with Gasteiger partial charge in [-0.15, -0.1) is 0 Å². The first-order valence-electron chi connectivity index (χ1n) is 12.8. The third-order valence-electron chi connectivity index (χ3n) is 7.14. The van der Waals surface area contributed by atoms with Gasteiger partial charge in [0.15, 0.2) is 0 Å². The molecule has 196 valence electrons. The summed E-state index contributed by atoms with van der Waals surface area (Å²) >= 11 is 6.08. The van der Waals surface area contributed by atoms with E-state index in [1.54, 1.807) is 12.1 Å². The minimum atomic E-state index is -0.491. The molecule has 0 unspecified atom stereocenters. The van der Waals surface area contributed by atoms with Gasteiger partial charge in [0.2, 0.25) is 5.91 Å². The lowest BCUT2D eigenvalue weighted by Gasteiger charge is -2.55. The average molecular weight is 526 g/mol. The number of aryl methyl sites for hydroxylation is 1. The fourth-order valence-corrected chi connectivity index (χ4v) is 5.46. The van der Waals surface area contributed by atoms with Gasteiger partial charge in [-0.25, -0.2) is 9.37 Å². The van der Waals surface area contributed by atoms with Crippen LogP contribution in [-0.2, 0) is 16.0 Å². The second kappa shape index (κ2) is 10.6. The molecule has 0 atom stereocenters. The van der Waals surface area contributed by atoms with Crippen LogP contribution in [0, 0.1) is 18.2 Å². The van der Waals surface area contributed by atoms with Gasteiger partial charge in [0.1, 0.15) is 11.6 Å². The van der Waals surface area contributed by atoms with Crippen molar-refractivity contribution in [1.29, 1.82) is 0 Å². The number of aromatic nitrogens is 1. The molecule has 3 aromatic rings. The summed E-state index contributed by atoms with van der Waals surface area (Å²) in [4.78, 5) is 20.1. The van der Waals surface area contributed by atoms with E-state index < -0.39 is 5.82 Å². The first kappa shape index (κ1) is 25.9. The first-order valence-corrected chi connectivity index (χ1v) is 13.2. The largest absolute Gasteiger partial charge is 0.494 e. The third-order valence-corrected chi connectivity index (χ3v) is 7.43. The van der Waals surface area contributed by atoms with Crippen LogP contribution in [0.2, 0.25) is 5.02 Å². The molecule has 1 aromatic heterocycles. The van der Waals surface area contributed by atoms with E-state index in [-0.39, 0.29) is 23.4 Å². The lowest BCUT2D eigenvalue weighted by Crippen LogP contribution is -2.65. The summed E-state index contributed by atoms with van der Waals surface area (Å²) in [6, 6.07) is 10.4. The SMILES string of the molecule is Cc1c(CC(=O)NC(C)C)c(-c2ccc(F)c(Cl)c2)nc2ccc(OCCCN3CC4(COC4)C3)cc12. The molecule has 1 amide bonds. The molecule has 2 fully saturated rings. The molecule has 2 saturated heterocycles. The fourth-order valence-electron chi connectivity index (χ4n) is 5.27. The highest BCUT2D eigenvalue weighted by Gasteiger charge is 2.48. The zero-order valence-electron chi connectivity index (χ0n) is 21.6. The van der Waals surface area contributed by atoms with Crippen LogP contribution in [0.3, 0.4) is 0 Å². The summed E-state index contributed by atoms with van der Waals surface area (Å²) in [6.45, 7) is 11.6. The van der Waals surface area contributed by atoms with E-state index in [4.69, 9.17) is 26.1 Å². The van der Waals surface area contributed by atoms with Crippen LogP contribution in [0.15, 0.2) is 36.4 Å². The molecule has 2 aliphatic rings. The Kier molecular flexibility index (Phi) is 7.39. The molecular weight excluding hydrogens is 493 g/mol. The number of ether oxygens (including phenoxy) is 2. The molecule has 0 saturated carbocycles. The molecule has 5 rings (SSSR count). The number of rotatable bonds is 9. The summed E-state index contributed by atoms with van der Waals surface area (Å²) in [7, 11) is 0. The van der Waals surface area contributed by atoms with Crippen molar-refractivity contribution in [2.24, 2.45) is 5.41 Å². The minimum absolute atomic E-state index is 0.0211. The molecule has 3 heterocycles. The number of carbonyl (C=O) groups is 1. The standard InChI is InChI=1S/C29H33ClFN3O3/c1-18(2)32-27(35)13-23-19(3)22-12-21(37-10-4-9-34-14-29(15-34)16-36-17-29)6-8-26(22)33-28(23)20-5-7-25(31)24(30)11-20/h5-8,11-12,18H,4,9-10,13-17H2,1-3H3,(H,32,35). The number of hydrogen-bond acceptors (Lipinski definition) is 5. The van der Waals surface area contributed by atoms with Crippen molar-refractivity contribution in [3.63, 3.8) is 0 Å². The van der Waals surface area contributed by atoms with E-state index in [1.165, 1.54) is 6.07 Å². The van der Waals surface area contributed by atoms with Crippen LogP contribution in [0.5, 0.6) is 5.75 Å². The van der Waals surface area contributed by atoms with E-state index >= 15 is 0 Å². The summed E-state index contributed by atoms with van der Waals surface area (Å²) in [5.41, 5.74) is 4.25. The number of amides is 1. The van der Waals surface area contributed by atoms with Gasteiger partial charge in [-0.05, 0) is 74.7 Å². The van der Waals surface area contributed by atoms with Crippen molar-refractivity contribution < 1.29 is 18.7 Å². The molecule has 0 bridgehead atoms. The maximum Gasteiger partial charge on any atom is 0.224 e. The van der Waals surface area contributed by atoms with Crippen molar-refractivity contribution in [2.75, 3.05) is 39.5 Å². The molecule has 6 nitrogen and oxygen atoms in total. The van der Waals surface area contributed by atoms with Crippen LogP contribution in [0.1, 0.15) is 31.4 Å².